The lowest BCUT2D eigenvalue weighted by atomic mass is 10.1. The van der Waals surface area contributed by atoms with Gasteiger partial charge in [0.2, 0.25) is 0 Å². The molecule has 0 aliphatic carbocycles. The summed E-state index contributed by atoms with van der Waals surface area (Å²) >= 11 is 0. The summed E-state index contributed by atoms with van der Waals surface area (Å²) in [6, 6.07) is 9.94. The molecule has 0 radical (unpaired) electrons. The molecule has 19 heavy (non-hydrogen) atoms. The van der Waals surface area contributed by atoms with Crippen molar-refractivity contribution in [1.82, 2.24) is 5.43 Å². The maximum atomic E-state index is 5.52. The van der Waals surface area contributed by atoms with Gasteiger partial charge in [-0.2, -0.15) is 0 Å². The molecule has 0 aromatic heterocycles. The normalized spacial score (nSPS) is 11.6. The van der Waals surface area contributed by atoms with Gasteiger partial charge >= 0.3 is 0 Å². The molecule has 0 unspecified atom stereocenters. The molecule has 0 bridgehead atoms. The number of unbranched alkanes of at least 4 members (excludes halogenated alkanes) is 6. The van der Waals surface area contributed by atoms with E-state index in [1.165, 1.54) is 38.5 Å². The van der Waals surface area contributed by atoms with Crippen LogP contribution in [0, 0.1) is 0 Å². The molecule has 1 rings (SSSR count). The van der Waals surface area contributed by atoms with E-state index in [0.29, 0.717) is 0 Å². The molecule has 3 heteroatoms. The molecule has 0 amide bonds. The quantitative estimate of drug-likeness (QED) is 0.229. The average Bonchev–Trinajstić information content (AvgIpc) is 2.46. The van der Waals surface area contributed by atoms with Crippen LogP contribution in [0.1, 0.15) is 58.3 Å². The molecule has 0 heterocycles. The van der Waals surface area contributed by atoms with Gasteiger partial charge in [-0.3, -0.25) is 0 Å². The van der Waals surface area contributed by atoms with Crippen LogP contribution in [0.3, 0.4) is 0 Å². The molecule has 0 saturated carbocycles. The van der Waals surface area contributed by atoms with Crippen molar-refractivity contribution < 1.29 is 0 Å². The lowest BCUT2D eigenvalue weighted by molar-refractivity contribution is 0.593. The van der Waals surface area contributed by atoms with Crippen LogP contribution in [0.5, 0.6) is 0 Å². The smallest absolute Gasteiger partial charge is 0.116 e. The lowest BCUT2D eigenvalue weighted by Gasteiger charge is -2.06. The molecule has 3 nitrogen and oxygen atoms in total. The zero-order valence-electron chi connectivity index (χ0n) is 12.1. The Morgan fingerprint density at radius 3 is 2.26 bits per heavy atom. The van der Waals surface area contributed by atoms with Crippen LogP contribution in [0.4, 0.5) is 5.69 Å². The fourth-order valence-corrected chi connectivity index (χ4v) is 2.07. The molecule has 0 spiro atoms. The highest BCUT2D eigenvalue weighted by Crippen LogP contribution is 2.12. The first-order valence-corrected chi connectivity index (χ1v) is 7.46. The van der Waals surface area contributed by atoms with Gasteiger partial charge in [-0.15, -0.1) is 0 Å². The number of aliphatic imine (C=N–C) groups is 1. The summed E-state index contributed by atoms with van der Waals surface area (Å²) in [7, 11) is 0. The van der Waals surface area contributed by atoms with Crippen molar-refractivity contribution in [3.8, 4) is 0 Å². The minimum atomic E-state index is 0.875. The fraction of sp³-hybridized carbons (Fsp3) is 0.562. The number of rotatable bonds is 9. The van der Waals surface area contributed by atoms with E-state index in [2.05, 4.69) is 17.3 Å². The maximum absolute atomic E-state index is 5.52. The van der Waals surface area contributed by atoms with E-state index >= 15 is 0 Å². The van der Waals surface area contributed by atoms with Crippen LogP contribution in [0.25, 0.3) is 0 Å². The summed E-state index contributed by atoms with van der Waals surface area (Å²) in [6.07, 6.45) is 10.1. The van der Waals surface area contributed by atoms with Crippen LogP contribution in [0.2, 0.25) is 0 Å². The van der Waals surface area contributed by atoms with Gasteiger partial charge in [0.05, 0.1) is 5.69 Å². The van der Waals surface area contributed by atoms with Gasteiger partial charge in [0.25, 0.3) is 0 Å². The molecule has 0 aliphatic rings. The second kappa shape index (κ2) is 10.6. The van der Waals surface area contributed by atoms with Gasteiger partial charge in [-0.1, -0.05) is 63.6 Å². The van der Waals surface area contributed by atoms with Crippen molar-refractivity contribution in [3.63, 3.8) is 0 Å². The Bertz CT molecular complexity index is 346. The number of nitrogens with one attached hydrogen (secondary N) is 1. The first-order valence-electron chi connectivity index (χ1n) is 7.46. The highest BCUT2D eigenvalue weighted by molar-refractivity contribution is 5.84. The molecule has 1 aromatic carbocycles. The highest BCUT2D eigenvalue weighted by atomic mass is 15.2. The van der Waals surface area contributed by atoms with E-state index in [1.54, 1.807) is 0 Å². The van der Waals surface area contributed by atoms with Gasteiger partial charge in [0.1, 0.15) is 5.84 Å². The molecule has 0 atom stereocenters. The number of amidine groups is 1. The molecule has 3 N–H and O–H groups in total. The monoisotopic (exact) mass is 261 g/mol. The van der Waals surface area contributed by atoms with Crippen LogP contribution in [-0.2, 0) is 0 Å². The minimum absolute atomic E-state index is 0.875. The molecule has 0 aliphatic heterocycles. The van der Waals surface area contributed by atoms with Gasteiger partial charge in [0, 0.05) is 6.42 Å². The number of hydrogen-bond acceptors (Lipinski definition) is 2. The largest absolute Gasteiger partial charge is 0.312 e. The molecule has 1 aromatic rings. The van der Waals surface area contributed by atoms with Gasteiger partial charge in [0.15, 0.2) is 0 Å². The van der Waals surface area contributed by atoms with Crippen LogP contribution in [0.15, 0.2) is 35.3 Å². The summed E-state index contributed by atoms with van der Waals surface area (Å²) in [5, 5.41) is 0. The second-order valence-corrected chi connectivity index (χ2v) is 4.91. The Labute approximate surface area is 117 Å². The molecular weight excluding hydrogens is 234 g/mol. The first-order chi connectivity index (χ1) is 9.36. The number of nitrogens with zero attached hydrogens (tertiary/aromatic N) is 1. The average molecular weight is 261 g/mol. The van der Waals surface area contributed by atoms with E-state index in [-0.39, 0.29) is 0 Å². The Morgan fingerprint density at radius 2 is 1.63 bits per heavy atom. The summed E-state index contributed by atoms with van der Waals surface area (Å²) in [5.41, 5.74) is 3.67. The van der Waals surface area contributed by atoms with Crippen molar-refractivity contribution in [2.75, 3.05) is 0 Å². The van der Waals surface area contributed by atoms with Crippen molar-refractivity contribution >= 4 is 11.5 Å². The van der Waals surface area contributed by atoms with Gasteiger partial charge < -0.3 is 5.43 Å². The Hall–Kier alpha value is -1.35. The number of nitrogens with two attached hydrogens (primary N) is 1. The number of hydrazine groups is 1. The zero-order chi connectivity index (χ0) is 13.8. The predicted octanol–water partition coefficient (Wildman–Crippen LogP) is 4.32. The maximum Gasteiger partial charge on any atom is 0.116 e. The third-order valence-electron chi connectivity index (χ3n) is 3.20. The van der Waals surface area contributed by atoms with Crippen LogP contribution >= 0.6 is 0 Å². The minimum Gasteiger partial charge on any atom is -0.312 e. The Balaban J connectivity index is 2.20. The lowest BCUT2D eigenvalue weighted by Crippen LogP contribution is -2.29. The Morgan fingerprint density at radius 1 is 1.00 bits per heavy atom. The van der Waals surface area contributed by atoms with Gasteiger partial charge in [-0.05, 0) is 18.6 Å². The fourth-order valence-electron chi connectivity index (χ4n) is 2.07. The topological polar surface area (TPSA) is 50.4 Å². The Kier molecular flexibility index (Phi) is 8.73. The predicted molar refractivity (Wildman–Crippen MR) is 83.5 cm³/mol. The zero-order valence-corrected chi connectivity index (χ0v) is 12.1. The summed E-state index contributed by atoms with van der Waals surface area (Å²) in [6.45, 7) is 2.25. The van der Waals surface area contributed by atoms with E-state index in [4.69, 9.17) is 5.84 Å². The van der Waals surface area contributed by atoms with Crippen molar-refractivity contribution in [2.24, 2.45) is 10.8 Å². The standard InChI is InChI=1S/C16H27N3/c1-2-3-4-5-6-7-11-14-16(19-17)18-15-12-9-8-10-13-15/h8-10,12-13H,2-7,11,14,17H2,1H3,(H,18,19). The van der Waals surface area contributed by atoms with Crippen LogP contribution < -0.4 is 11.3 Å². The van der Waals surface area contributed by atoms with E-state index < -0.39 is 0 Å². The van der Waals surface area contributed by atoms with Crippen molar-refractivity contribution in [1.29, 1.82) is 0 Å². The van der Waals surface area contributed by atoms with Crippen molar-refractivity contribution in [2.45, 2.75) is 58.3 Å². The van der Waals surface area contributed by atoms with Crippen molar-refractivity contribution in [3.05, 3.63) is 30.3 Å². The molecule has 0 fully saturated rings. The molecule has 106 valence electrons. The second-order valence-electron chi connectivity index (χ2n) is 4.91. The molecule has 0 saturated heterocycles. The van der Waals surface area contributed by atoms with Gasteiger partial charge in [-0.25, -0.2) is 10.8 Å². The van der Waals surface area contributed by atoms with Crippen LogP contribution in [-0.4, -0.2) is 5.84 Å². The van der Waals surface area contributed by atoms with E-state index in [1.807, 2.05) is 30.3 Å². The SMILES string of the molecule is CCCCCCCCCC(=Nc1ccccc1)NN. The van der Waals surface area contributed by atoms with E-state index in [9.17, 15) is 0 Å². The van der Waals surface area contributed by atoms with E-state index in [0.717, 1.165) is 24.4 Å². The third kappa shape index (κ3) is 7.62. The third-order valence-corrected chi connectivity index (χ3v) is 3.20. The number of hydrogen-bond donors (Lipinski definition) is 2. The number of benzene rings is 1. The summed E-state index contributed by atoms with van der Waals surface area (Å²) in [5.74, 6) is 6.40. The highest BCUT2D eigenvalue weighted by Gasteiger charge is 1.98. The summed E-state index contributed by atoms with van der Waals surface area (Å²) in [4.78, 5) is 4.50. The first kappa shape index (κ1) is 15.7. The summed E-state index contributed by atoms with van der Waals surface area (Å²) < 4.78 is 0. The molecular formula is C16H27N3. The number of para-hydroxylation sites is 1.